The second-order valence-corrected chi connectivity index (χ2v) is 6.42. The Labute approximate surface area is 161 Å². The standard InChI is InChI=1S/C21H19ClFNO3/c1-26-10-11-27-19-7-3-15(4-8-19)16-5-9-21(25)24(13-16)14-17-2-6-18(22)12-20(17)23/h2-9,12-13H,10-11,14H2,1H3. The van der Waals surface area contributed by atoms with E-state index in [1.54, 1.807) is 31.5 Å². The monoisotopic (exact) mass is 387 g/mol. The average molecular weight is 388 g/mol. The Morgan fingerprint density at radius 1 is 1.00 bits per heavy atom. The molecule has 6 heteroatoms. The molecule has 0 saturated heterocycles. The van der Waals surface area contributed by atoms with Crippen LogP contribution in [0.3, 0.4) is 0 Å². The number of methoxy groups -OCH3 is 1. The van der Waals surface area contributed by atoms with Gasteiger partial charge in [-0.05, 0) is 41.5 Å². The molecule has 140 valence electrons. The Morgan fingerprint density at radius 2 is 1.74 bits per heavy atom. The SMILES string of the molecule is COCCOc1ccc(-c2ccc(=O)n(Cc3ccc(Cl)cc3F)c2)cc1. The Kier molecular flexibility index (Phi) is 6.27. The summed E-state index contributed by atoms with van der Waals surface area (Å²) in [5.74, 6) is 0.310. The van der Waals surface area contributed by atoms with Crippen molar-refractivity contribution in [1.82, 2.24) is 4.57 Å². The highest BCUT2D eigenvalue weighted by Gasteiger charge is 2.07. The van der Waals surface area contributed by atoms with Gasteiger partial charge in [0.2, 0.25) is 0 Å². The quantitative estimate of drug-likeness (QED) is 0.565. The van der Waals surface area contributed by atoms with Crippen LogP contribution in [0.5, 0.6) is 5.75 Å². The van der Waals surface area contributed by atoms with E-state index in [-0.39, 0.29) is 12.1 Å². The first kappa shape index (κ1) is 19.1. The molecule has 0 N–H and O–H groups in total. The maximum Gasteiger partial charge on any atom is 0.250 e. The van der Waals surface area contributed by atoms with Crippen LogP contribution in [0.2, 0.25) is 5.02 Å². The number of hydrogen-bond acceptors (Lipinski definition) is 3. The van der Waals surface area contributed by atoms with E-state index in [9.17, 15) is 9.18 Å². The van der Waals surface area contributed by atoms with Crippen molar-refractivity contribution in [2.75, 3.05) is 20.3 Å². The van der Waals surface area contributed by atoms with Gasteiger partial charge in [-0.1, -0.05) is 29.8 Å². The molecule has 0 aliphatic rings. The first-order chi connectivity index (χ1) is 13.1. The van der Waals surface area contributed by atoms with Crippen molar-refractivity contribution in [1.29, 1.82) is 0 Å². The second kappa shape index (κ2) is 8.84. The summed E-state index contributed by atoms with van der Waals surface area (Å²) in [6.07, 6.45) is 1.72. The third kappa shape index (κ3) is 4.96. The highest BCUT2D eigenvalue weighted by Crippen LogP contribution is 2.22. The van der Waals surface area contributed by atoms with E-state index in [1.165, 1.54) is 16.7 Å². The lowest BCUT2D eigenvalue weighted by Gasteiger charge is -2.11. The molecule has 0 atom stereocenters. The van der Waals surface area contributed by atoms with E-state index in [0.717, 1.165) is 16.9 Å². The van der Waals surface area contributed by atoms with Crippen LogP contribution < -0.4 is 10.3 Å². The molecule has 0 fully saturated rings. The van der Waals surface area contributed by atoms with Gasteiger partial charge in [0.1, 0.15) is 18.2 Å². The van der Waals surface area contributed by atoms with Gasteiger partial charge in [0.25, 0.3) is 5.56 Å². The largest absolute Gasteiger partial charge is 0.491 e. The molecule has 0 spiro atoms. The van der Waals surface area contributed by atoms with Crippen LogP contribution in [0.15, 0.2) is 65.6 Å². The van der Waals surface area contributed by atoms with E-state index in [4.69, 9.17) is 21.1 Å². The molecule has 0 radical (unpaired) electrons. The molecular weight excluding hydrogens is 369 g/mol. The van der Waals surface area contributed by atoms with Crippen molar-refractivity contribution in [3.05, 3.63) is 87.6 Å². The van der Waals surface area contributed by atoms with E-state index >= 15 is 0 Å². The van der Waals surface area contributed by atoms with Crippen molar-refractivity contribution in [3.63, 3.8) is 0 Å². The Bertz CT molecular complexity index is 970. The molecule has 0 unspecified atom stereocenters. The molecule has 0 amide bonds. The zero-order valence-corrected chi connectivity index (χ0v) is 15.6. The molecule has 1 aromatic heterocycles. The summed E-state index contributed by atoms with van der Waals surface area (Å²) in [7, 11) is 1.62. The van der Waals surface area contributed by atoms with Crippen molar-refractivity contribution < 1.29 is 13.9 Å². The van der Waals surface area contributed by atoms with Crippen LogP contribution in [-0.4, -0.2) is 24.9 Å². The van der Waals surface area contributed by atoms with Gasteiger partial charge in [0, 0.05) is 30.0 Å². The van der Waals surface area contributed by atoms with Crippen LogP contribution >= 0.6 is 11.6 Å². The summed E-state index contributed by atoms with van der Waals surface area (Å²) in [5, 5.41) is 0.324. The molecule has 0 aliphatic heterocycles. The lowest BCUT2D eigenvalue weighted by molar-refractivity contribution is 0.146. The lowest BCUT2D eigenvalue weighted by Crippen LogP contribution is -2.19. The van der Waals surface area contributed by atoms with Gasteiger partial charge in [0.05, 0.1) is 13.2 Å². The summed E-state index contributed by atoms with van der Waals surface area (Å²) in [6.45, 7) is 1.13. The molecule has 3 rings (SSSR count). The van der Waals surface area contributed by atoms with Crippen LogP contribution in [-0.2, 0) is 11.3 Å². The van der Waals surface area contributed by atoms with Crippen molar-refractivity contribution >= 4 is 11.6 Å². The van der Waals surface area contributed by atoms with Crippen LogP contribution in [0.1, 0.15) is 5.56 Å². The van der Waals surface area contributed by atoms with E-state index < -0.39 is 5.82 Å². The van der Waals surface area contributed by atoms with Crippen molar-refractivity contribution in [2.24, 2.45) is 0 Å². The summed E-state index contributed by atoms with van der Waals surface area (Å²) in [4.78, 5) is 12.2. The minimum absolute atomic E-state index is 0.133. The third-order valence-corrected chi connectivity index (χ3v) is 4.32. The van der Waals surface area contributed by atoms with E-state index in [0.29, 0.717) is 23.8 Å². The number of benzene rings is 2. The number of hydrogen-bond donors (Lipinski definition) is 0. The first-order valence-corrected chi connectivity index (χ1v) is 8.81. The molecule has 4 nitrogen and oxygen atoms in total. The highest BCUT2D eigenvalue weighted by molar-refractivity contribution is 6.30. The van der Waals surface area contributed by atoms with Gasteiger partial charge >= 0.3 is 0 Å². The van der Waals surface area contributed by atoms with E-state index in [1.807, 2.05) is 24.3 Å². The fourth-order valence-corrected chi connectivity index (χ4v) is 2.80. The van der Waals surface area contributed by atoms with Crippen LogP contribution in [0.25, 0.3) is 11.1 Å². The minimum Gasteiger partial charge on any atom is -0.491 e. The zero-order valence-electron chi connectivity index (χ0n) is 14.8. The summed E-state index contributed by atoms with van der Waals surface area (Å²) < 4.78 is 26.0. The number of halogens is 2. The maximum absolute atomic E-state index is 14.0. The molecule has 0 aliphatic carbocycles. The minimum atomic E-state index is -0.433. The number of pyridine rings is 1. The molecule has 1 heterocycles. The summed E-state index contributed by atoms with van der Waals surface area (Å²) in [5.41, 5.74) is 1.99. The van der Waals surface area contributed by atoms with Gasteiger partial charge in [-0.25, -0.2) is 4.39 Å². The summed E-state index contributed by atoms with van der Waals surface area (Å²) >= 11 is 5.78. The molecule has 0 saturated carbocycles. The number of nitrogens with zero attached hydrogens (tertiary/aromatic N) is 1. The van der Waals surface area contributed by atoms with Crippen molar-refractivity contribution in [2.45, 2.75) is 6.54 Å². The fourth-order valence-electron chi connectivity index (χ4n) is 2.65. The van der Waals surface area contributed by atoms with Gasteiger partial charge in [-0.3, -0.25) is 4.79 Å². The van der Waals surface area contributed by atoms with Gasteiger partial charge < -0.3 is 14.0 Å². The number of rotatable bonds is 7. The highest BCUT2D eigenvalue weighted by atomic mass is 35.5. The van der Waals surface area contributed by atoms with Crippen molar-refractivity contribution in [3.8, 4) is 16.9 Å². The van der Waals surface area contributed by atoms with Gasteiger partial charge in [-0.2, -0.15) is 0 Å². The third-order valence-electron chi connectivity index (χ3n) is 4.08. The van der Waals surface area contributed by atoms with Crippen LogP contribution in [0, 0.1) is 5.82 Å². The van der Waals surface area contributed by atoms with Gasteiger partial charge in [0.15, 0.2) is 0 Å². The number of ether oxygens (including phenoxy) is 2. The second-order valence-electron chi connectivity index (χ2n) is 5.99. The summed E-state index contributed by atoms with van der Waals surface area (Å²) in [6, 6.07) is 15.2. The zero-order chi connectivity index (χ0) is 19.2. The smallest absolute Gasteiger partial charge is 0.250 e. The average Bonchev–Trinajstić information content (AvgIpc) is 2.66. The van der Waals surface area contributed by atoms with Gasteiger partial charge in [-0.15, -0.1) is 0 Å². The molecule has 3 aromatic rings. The maximum atomic E-state index is 14.0. The molecule has 0 bridgehead atoms. The Hall–Kier alpha value is -2.63. The molecule has 27 heavy (non-hydrogen) atoms. The topological polar surface area (TPSA) is 40.5 Å². The predicted molar refractivity (Wildman–Crippen MR) is 104 cm³/mol. The lowest BCUT2D eigenvalue weighted by atomic mass is 10.1. The number of aromatic nitrogens is 1. The Morgan fingerprint density at radius 3 is 2.44 bits per heavy atom. The Balaban J connectivity index is 1.81. The van der Waals surface area contributed by atoms with E-state index in [2.05, 4.69) is 0 Å². The molecule has 2 aromatic carbocycles. The predicted octanol–water partition coefficient (Wildman–Crippen LogP) is 4.38. The first-order valence-electron chi connectivity index (χ1n) is 8.43. The van der Waals surface area contributed by atoms with Crippen LogP contribution in [0.4, 0.5) is 4.39 Å². The normalized spacial score (nSPS) is 10.8. The fraction of sp³-hybridized carbons (Fsp3) is 0.190. The molecular formula is C21H19ClFNO3.